The van der Waals surface area contributed by atoms with Crippen molar-refractivity contribution in [2.75, 3.05) is 7.05 Å². The summed E-state index contributed by atoms with van der Waals surface area (Å²) < 4.78 is 0. The van der Waals surface area contributed by atoms with Crippen LogP contribution < -0.4 is 0 Å². The molecule has 1 saturated carbocycles. The van der Waals surface area contributed by atoms with Crippen molar-refractivity contribution in [3.63, 3.8) is 0 Å². The summed E-state index contributed by atoms with van der Waals surface area (Å²) in [6.07, 6.45) is 4.59. The topological polar surface area (TPSA) is 33.2 Å². The highest BCUT2D eigenvalue weighted by Gasteiger charge is 2.26. The van der Waals surface area contributed by atoms with Gasteiger partial charge in [-0.05, 0) is 62.8 Å². The molecule has 2 aromatic rings. The molecule has 1 heterocycles. The van der Waals surface area contributed by atoms with Gasteiger partial charge in [-0.1, -0.05) is 18.5 Å². The summed E-state index contributed by atoms with van der Waals surface area (Å²) in [7, 11) is 1.92. The second-order valence-electron chi connectivity index (χ2n) is 6.79. The van der Waals surface area contributed by atoms with E-state index in [1.165, 1.54) is 12.8 Å². The Hall–Kier alpha value is -1.61. The third kappa shape index (κ3) is 3.35. The smallest absolute Gasteiger partial charge is 0.255 e. The minimum Gasteiger partial charge on any atom is -0.339 e. The number of hydrogen-bond donors (Lipinski definition) is 0. The Labute approximate surface area is 142 Å². The van der Waals surface area contributed by atoms with Crippen LogP contribution in [-0.4, -0.2) is 28.9 Å². The maximum absolute atomic E-state index is 12.9. The molecule has 0 saturated heterocycles. The van der Waals surface area contributed by atoms with Gasteiger partial charge in [-0.3, -0.25) is 9.78 Å². The van der Waals surface area contributed by atoms with E-state index in [2.05, 4.69) is 11.9 Å². The van der Waals surface area contributed by atoms with Gasteiger partial charge in [0.1, 0.15) is 0 Å². The monoisotopic (exact) mass is 330 g/mol. The van der Waals surface area contributed by atoms with E-state index in [0.29, 0.717) is 16.6 Å². The lowest BCUT2D eigenvalue weighted by molar-refractivity contribution is 0.0678. The summed E-state index contributed by atoms with van der Waals surface area (Å²) in [6, 6.07) is 7.85. The second kappa shape index (κ2) is 6.48. The fraction of sp³-hybridized carbons (Fsp3) is 0.474. The minimum atomic E-state index is 0.0661. The summed E-state index contributed by atoms with van der Waals surface area (Å²) in [4.78, 5) is 19.4. The number of hydrogen-bond acceptors (Lipinski definition) is 2. The second-order valence-corrected chi connectivity index (χ2v) is 7.22. The van der Waals surface area contributed by atoms with Gasteiger partial charge in [-0.2, -0.15) is 0 Å². The fourth-order valence-corrected chi connectivity index (χ4v) is 3.63. The average molecular weight is 331 g/mol. The van der Waals surface area contributed by atoms with E-state index in [0.717, 1.165) is 35.4 Å². The summed E-state index contributed by atoms with van der Waals surface area (Å²) in [5, 5.41) is 1.58. The largest absolute Gasteiger partial charge is 0.339 e. The van der Waals surface area contributed by atoms with Crippen molar-refractivity contribution in [1.29, 1.82) is 0 Å². The maximum Gasteiger partial charge on any atom is 0.255 e. The molecule has 1 amide bonds. The summed E-state index contributed by atoms with van der Waals surface area (Å²) >= 11 is 6.07. The number of amides is 1. The molecule has 122 valence electrons. The van der Waals surface area contributed by atoms with E-state index in [4.69, 9.17) is 11.6 Å². The Balaban J connectivity index is 1.89. The lowest BCUT2D eigenvalue weighted by atomic mass is 9.86. The van der Waals surface area contributed by atoms with Crippen molar-refractivity contribution < 1.29 is 4.79 Å². The van der Waals surface area contributed by atoms with E-state index >= 15 is 0 Å². The van der Waals surface area contributed by atoms with E-state index in [1.54, 1.807) is 0 Å². The number of aromatic nitrogens is 1. The Morgan fingerprint density at radius 1 is 1.22 bits per heavy atom. The average Bonchev–Trinajstić information content (AvgIpc) is 2.54. The van der Waals surface area contributed by atoms with Crippen LogP contribution in [0.2, 0.25) is 5.02 Å². The Bertz CT molecular complexity index is 735. The number of fused-ring (bicyclic) bond motifs is 1. The highest BCUT2D eigenvalue weighted by molar-refractivity contribution is 6.31. The molecular formula is C19H23ClN2O. The number of benzene rings is 1. The first kappa shape index (κ1) is 16.3. The third-order valence-corrected chi connectivity index (χ3v) is 5.29. The van der Waals surface area contributed by atoms with Crippen LogP contribution in [0.25, 0.3) is 10.9 Å². The van der Waals surface area contributed by atoms with Gasteiger partial charge in [0.25, 0.3) is 5.91 Å². The highest BCUT2D eigenvalue weighted by atomic mass is 35.5. The molecule has 1 aromatic heterocycles. The van der Waals surface area contributed by atoms with Gasteiger partial charge in [0.2, 0.25) is 0 Å². The van der Waals surface area contributed by atoms with Gasteiger partial charge < -0.3 is 4.90 Å². The fourth-order valence-electron chi connectivity index (χ4n) is 3.45. The predicted octanol–water partition coefficient (Wildman–Crippen LogP) is 4.85. The molecule has 1 aliphatic carbocycles. The van der Waals surface area contributed by atoms with Crippen molar-refractivity contribution in [1.82, 2.24) is 9.88 Å². The van der Waals surface area contributed by atoms with Crippen LogP contribution in [0, 0.1) is 12.8 Å². The van der Waals surface area contributed by atoms with Crippen molar-refractivity contribution in [3.05, 3.63) is 40.5 Å². The molecule has 23 heavy (non-hydrogen) atoms. The zero-order chi connectivity index (χ0) is 16.6. The van der Waals surface area contributed by atoms with Crippen LogP contribution in [0.3, 0.4) is 0 Å². The zero-order valence-electron chi connectivity index (χ0n) is 14.0. The van der Waals surface area contributed by atoms with Gasteiger partial charge in [0.05, 0.1) is 16.8 Å². The van der Waals surface area contributed by atoms with E-state index in [-0.39, 0.29) is 5.91 Å². The summed E-state index contributed by atoms with van der Waals surface area (Å²) in [6.45, 7) is 4.19. The molecule has 1 aromatic carbocycles. The lowest BCUT2D eigenvalue weighted by Gasteiger charge is -2.33. The maximum atomic E-state index is 12.9. The van der Waals surface area contributed by atoms with E-state index < -0.39 is 0 Å². The first-order chi connectivity index (χ1) is 11.0. The van der Waals surface area contributed by atoms with E-state index in [1.807, 2.05) is 43.1 Å². The molecule has 3 nitrogen and oxygen atoms in total. The van der Waals surface area contributed by atoms with Crippen molar-refractivity contribution in [3.8, 4) is 0 Å². The van der Waals surface area contributed by atoms with E-state index in [9.17, 15) is 4.79 Å². The number of aryl methyl sites for hydroxylation is 1. The molecule has 0 aliphatic heterocycles. The van der Waals surface area contributed by atoms with Crippen molar-refractivity contribution >= 4 is 28.4 Å². The van der Waals surface area contributed by atoms with Crippen LogP contribution in [0.5, 0.6) is 0 Å². The SMILES string of the molecule is Cc1nc2ccc(Cl)cc2cc1C(=O)N(C)C1CCC(C)CC1. The zero-order valence-corrected chi connectivity index (χ0v) is 14.7. The Morgan fingerprint density at radius 3 is 2.61 bits per heavy atom. The first-order valence-corrected chi connectivity index (χ1v) is 8.67. The molecule has 1 aliphatic rings. The van der Waals surface area contributed by atoms with Gasteiger partial charge in [0.15, 0.2) is 0 Å². The minimum absolute atomic E-state index is 0.0661. The van der Waals surface area contributed by atoms with Gasteiger partial charge in [0, 0.05) is 23.5 Å². The van der Waals surface area contributed by atoms with Gasteiger partial charge >= 0.3 is 0 Å². The molecule has 0 atom stereocenters. The molecular weight excluding hydrogens is 308 g/mol. The van der Waals surface area contributed by atoms with Crippen LogP contribution in [0.4, 0.5) is 0 Å². The van der Waals surface area contributed by atoms with Crippen LogP contribution in [-0.2, 0) is 0 Å². The molecule has 0 radical (unpaired) electrons. The molecule has 0 spiro atoms. The number of rotatable bonds is 2. The quantitative estimate of drug-likeness (QED) is 0.788. The molecule has 0 bridgehead atoms. The van der Waals surface area contributed by atoms with Gasteiger partial charge in [-0.15, -0.1) is 0 Å². The number of carbonyl (C=O) groups excluding carboxylic acids is 1. The first-order valence-electron chi connectivity index (χ1n) is 8.30. The van der Waals surface area contributed by atoms with Crippen LogP contribution >= 0.6 is 11.6 Å². The Kier molecular flexibility index (Phi) is 4.58. The normalized spacial score (nSPS) is 21.4. The lowest BCUT2D eigenvalue weighted by Crippen LogP contribution is -2.39. The molecule has 3 rings (SSSR count). The molecule has 4 heteroatoms. The van der Waals surface area contributed by atoms with Gasteiger partial charge in [-0.25, -0.2) is 0 Å². The molecule has 0 unspecified atom stereocenters. The third-order valence-electron chi connectivity index (χ3n) is 5.05. The van der Waals surface area contributed by atoms with Crippen molar-refractivity contribution in [2.45, 2.75) is 45.6 Å². The molecule has 0 N–H and O–H groups in total. The predicted molar refractivity (Wildman–Crippen MR) is 95.0 cm³/mol. The number of pyridine rings is 1. The summed E-state index contributed by atoms with van der Waals surface area (Å²) in [5.41, 5.74) is 2.33. The van der Waals surface area contributed by atoms with Crippen LogP contribution in [0.15, 0.2) is 24.3 Å². The molecule has 1 fully saturated rings. The highest BCUT2D eigenvalue weighted by Crippen LogP contribution is 2.28. The Morgan fingerprint density at radius 2 is 1.91 bits per heavy atom. The number of halogens is 1. The standard InChI is InChI=1S/C19H23ClN2O/c1-12-4-7-16(8-5-12)22(3)19(23)17-11-14-10-15(20)6-9-18(14)21-13(17)2/h6,9-12,16H,4-5,7-8H2,1-3H3. The van der Waals surface area contributed by atoms with Crippen molar-refractivity contribution in [2.24, 2.45) is 5.92 Å². The summed E-state index contributed by atoms with van der Waals surface area (Å²) in [5.74, 6) is 0.845. The van der Waals surface area contributed by atoms with Crippen LogP contribution in [0.1, 0.15) is 48.7 Å². The number of nitrogens with zero attached hydrogens (tertiary/aromatic N) is 2. The number of carbonyl (C=O) groups is 1.